The summed E-state index contributed by atoms with van der Waals surface area (Å²) in [5, 5.41) is 7.76. The van der Waals surface area contributed by atoms with Gasteiger partial charge in [0.25, 0.3) is 0 Å². The summed E-state index contributed by atoms with van der Waals surface area (Å²) in [6.07, 6.45) is 0. The van der Waals surface area contributed by atoms with Gasteiger partial charge in [-0.15, -0.1) is 0 Å². The molecule has 0 saturated carbocycles. The zero-order chi connectivity index (χ0) is 36.3. The molecule has 2 nitrogen and oxygen atoms in total. The first-order valence-corrected chi connectivity index (χ1v) is 20.5. The first-order chi connectivity index (χ1) is 27.3. The van der Waals surface area contributed by atoms with Crippen LogP contribution in [0, 0.1) is 0 Å². The van der Waals surface area contributed by atoms with Gasteiger partial charge in [0.2, 0.25) is 0 Å². The van der Waals surface area contributed by atoms with Crippen molar-refractivity contribution in [1.82, 2.24) is 4.57 Å². The molecule has 2 heterocycles. The summed E-state index contributed by atoms with van der Waals surface area (Å²) in [5.74, 6) is 0. The Morgan fingerprint density at radius 2 is 0.982 bits per heavy atom. The third kappa shape index (κ3) is 5.32. The Bertz CT molecular complexity index is 3200. The molecule has 11 rings (SSSR count). The Labute approximate surface area is 325 Å². The van der Waals surface area contributed by atoms with Crippen LogP contribution < -0.4 is 4.90 Å². The molecule has 0 aliphatic carbocycles. The molecule has 11 aromatic rings. The third-order valence-electron chi connectivity index (χ3n) is 11.0. The van der Waals surface area contributed by atoms with Crippen LogP contribution in [0.5, 0.6) is 0 Å². The number of rotatable bonds is 6. The number of hydrogen-bond donors (Lipinski definition) is 0. The predicted molar refractivity (Wildman–Crippen MR) is 236 cm³/mol. The van der Waals surface area contributed by atoms with Crippen molar-refractivity contribution in [3.05, 3.63) is 206 Å². The van der Waals surface area contributed by atoms with Crippen LogP contribution in [0.25, 0.3) is 79.8 Å². The van der Waals surface area contributed by atoms with Gasteiger partial charge in [0, 0.05) is 11.1 Å². The monoisotopic (exact) mass is 766 g/mol. The van der Waals surface area contributed by atoms with Crippen LogP contribution in [-0.2, 0) is 0 Å². The third-order valence-corrected chi connectivity index (χ3v) is 13.4. The molecule has 258 valence electrons. The van der Waals surface area contributed by atoms with Gasteiger partial charge in [-0.1, -0.05) is 36.4 Å². The Hall–Kier alpha value is -6.64. The average Bonchev–Trinajstić information content (AvgIpc) is 3.79. The number of hydrogen-bond acceptors (Lipinski definition) is 1. The predicted octanol–water partition coefficient (Wildman–Crippen LogP) is 14.1. The Morgan fingerprint density at radius 1 is 0.364 bits per heavy atom. The van der Waals surface area contributed by atoms with Crippen molar-refractivity contribution >= 4 is 83.4 Å². The van der Waals surface area contributed by atoms with E-state index in [0.717, 1.165) is 11.4 Å². The number of fused-ring (bicyclic) bond motifs is 7. The van der Waals surface area contributed by atoms with Gasteiger partial charge in [0.15, 0.2) is 0 Å². The van der Waals surface area contributed by atoms with Crippen molar-refractivity contribution in [3.8, 4) is 27.9 Å². The number of benzene rings is 9. The molecular weight excluding hydrogens is 732 g/mol. The van der Waals surface area contributed by atoms with Gasteiger partial charge in [-0.05, 0) is 18.2 Å². The Balaban J connectivity index is 1.08. The van der Waals surface area contributed by atoms with E-state index in [1.807, 2.05) is 0 Å². The minimum atomic E-state index is 0.257. The van der Waals surface area contributed by atoms with E-state index in [9.17, 15) is 0 Å². The van der Waals surface area contributed by atoms with Crippen LogP contribution in [0.3, 0.4) is 0 Å². The molecule has 0 N–H and O–H groups in total. The molecule has 0 bridgehead atoms. The Kier molecular flexibility index (Phi) is 7.55. The van der Waals surface area contributed by atoms with Gasteiger partial charge in [-0.2, -0.15) is 0 Å². The molecule has 0 fully saturated rings. The van der Waals surface area contributed by atoms with Crippen molar-refractivity contribution in [1.29, 1.82) is 0 Å². The first kappa shape index (κ1) is 31.8. The average molecular weight is 766 g/mol. The molecule has 3 heteroatoms. The van der Waals surface area contributed by atoms with Crippen molar-refractivity contribution in [2.75, 3.05) is 4.90 Å². The quantitative estimate of drug-likeness (QED) is 0.153. The molecule has 2 aromatic heterocycles. The van der Waals surface area contributed by atoms with E-state index in [1.165, 1.54) is 85.5 Å². The van der Waals surface area contributed by atoms with E-state index in [2.05, 4.69) is 216 Å². The second-order valence-electron chi connectivity index (χ2n) is 14.1. The molecule has 55 heavy (non-hydrogen) atoms. The smallest absolute Gasteiger partial charge is 0.0380 e. The minimum Gasteiger partial charge on any atom is -0.0602 e. The minimum absolute atomic E-state index is 0.257. The fourth-order valence-corrected chi connectivity index (χ4v) is 10.8. The molecule has 0 unspecified atom stereocenters. The summed E-state index contributed by atoms with van der Waals surface area (Å²) in [4.78, 5) is 2.46. The van der Waals surface area contributed by atoms with E-state index in [-0.39, 0.29) is 14.5 Å². The van der Waals surface area contributed by atoms with Gasteiger partial charge in [-0.3, -0.25) is 0 Å². The molecule has 0 aliphatic rings. The second-order valence-corrected chi connectivity index (χ2v) is 16.4. The van der Waals surface area contributed by atoms with Crippen molar-refractivity contribution in [3.63, 3.8) is 0 Å². The van der Waals surface area contributed by atoms with Crippen molar-refractivity contribution < 1.29 is 0 Å². The van der Waals surface area contributed by atoms with Gasteiger partial charge in [0.1, 0.15) is 0 Å². The fraction of sp³-hybridized carbons (Fsp3) is 0. The van der Waals surface area contributed by atoms with Gasteiger partial charge < -0.3 is 0 Å². The summed E-state index contributed by atoms with van der Waals surface area (Å²) >= 11 is 0.257. The molecule has 0 spiro atoms. The van der Waals surface area contributed by atoms with Crippen LogP contribution in [0.15, 0.2) is 206 Å². The van der Waals surface area contributed by atoms with Crippen LogP contribution in [0.1, 0.15) is 0 Å². The van der Waals surface area contributed by atoms with Crippen LogP contribution in [0.2, 0.25) is 0 Å². The molecule has 0 aliphatic heterocycles. The van der Waals surface area contributed by atoms with E-state index < -0.39 is 0 Å². The van der Waals surface area contributed by atoms with E-state index in [1.54, 1.807) is 0 Å². The molecule has 0 amide bonds. The maximum atomic E-state index is 2.46. The number of aromatic nitrogens is 1. The van der Waals surface area contributed by atoms with Crippen molar-refractivity contribution in [2.24, 2.45) is 0 Å². The summed E-state index contributed by atoms with van der Waals surface area (Å²) in [5.41, 5.74) is 11.9. The second kappa shape index (κ2) is 13.0. The Morgan fingerprint density at radius 3 is 1.87 bits per heavy atom. The number of anilines is 3. The molecule has 0 saturated heterocycles. The summed E-state index contributed by atoms with van der Waals surface area (Å²) in [6, 6.07) is 75.6. The molecule has 9 aromatic carbocycles. The maximum Gasteiger partial charge on any atom is -0.0380 e. The van der Waals surface area contributed by atoms with E-state index in [4.69, 9.17) is 0 Å². The van der Waals surface area contributed by atoms with Gasteiger partial charge in [-0.25, -0.2) is 0 Å². The zero-order valence-electron chi connectivity index (χ0n) is 29.9. The normalized spacial score (nSPS) is 11.6. The van der Waals surface area contributed by atoms with Crippen LogP contribution >= 0.6 is 0 Å². The van der Waals surface area contributed by atoms with Gasteiger partial charge in [0.05, 0.1) is 5.52 Å². The SMILES string of the molecule is c1ccc(-n2c3ccccc3c3ccc(-c4ccc(N(c5ccc6c(c5)[se]c5ccccc56)c5ccccc5-c5cccc6ccccc56)cc4)cc32)cc1. The summed E-state index contributed by atoms with van der Waals surface area (Å²) in [7, 11) is 0. The topological polar surface area (TPSA) is 8.17 Å². The summed E-state index contributed by atoms with van der Waals surface area (Å²) < 4.78 is 5.28. The zero-order valence-corrected chi connectivity index (χ0v) is 31.6. The maximum absolute atomic E-state index is 2.46. The van der Waals surface area contributed by atoms with Crippen molar-refractivity contribution in [2.45, 2.75) is 0 Å². The molecular formula is C52H34N2Se. The summed E-state index contributed by atoms with van der Waals surface area (Å²) in [6.45, 7) is 0. The van der Waals surface area contributed by atoms with Crippen LogP contribution in [-0.4, -0.2) is 19.1 Å². The first-order valence-electron chi connectivity index (χ1n) is 18.8. The largest absolute Gasteiger partial charge is 0.0602 e. The van der Waals surface area contributed by atoms with E-state index in [0.29, 0.717) is 0 Å². The van der Waals surface area contributed by atoms with Gasteiger partial charge >= 0.3 is 256 Å². The number of nitrogens with zero attached hydrogens (tertiary/aromatic N) is 2. The fourth-order valence-electron chi connectivity index (χ4n) is 8.45. The standard InChI is InChI=1S/C52H34N2Se/c1-2-15-38(16-3-1)54-49-23-10-7-19-44(49)45-31-27-37(33-50(45)54)35-25-28-39(29-26-35)53(40-30-32-47-46-20-8-11-24-51(46)55-52(47)34-40)48-22-9-6-18-43(48)42-21-12-14-36-13-4-5-17-41(36)42/h1-34H. The molecule has 0 atom stereocenters. The molecule has 0 radical (unpaired) electrons. The van der Waals surface area contributed by atoms with Crippen LogP contribution in [0.4, 0.5) is 17.1 Å². The number of para-hydroxylation sites is 3. The van der Waals surface area contributed by atoms with E-state index >= 15 is 0 Å².